The van der Waals surface area contributed by atoms with E-state index in [1.807, 2.05) is 12.1 Å². The molecule has 0 saturated carbocycles. The fourth-order valence-electron chi connectivity index (χ4n) is 1.32. The first-order chi connectivity index (χ1) is 7.91. The molecule has 1 rings (SSSR count). The highest BCUT2D eigenvalue weighted by Crippen LogP contribution is 2.24. The molecule has 0 aliphatic carbocycles. The molecule has 1 unspecified atom stereocenters. The van der Waals surface area contributed by atoms with Crippen molar-refractivity contribution >= 4 is 34.5 Å². The Kier molecular flexibility index (Phi) is 5.22. The normalized spacial score (nSPS) is 12.5. The highest BCUT2D eigenvalue weighted by Gasteiger charge is 2.08. The minimum atomic E-state index is 0.369. The van der Waals surface area contributed by atoms with E-state index >= 15 is 0 Å². The summed E-state index contributed by atoms with van der Waals surface area (Å²) in [4.78, 5) is 0.369. The topological polar surface area (TPSA) is 38.0 Å². The molecule has 0 bridgehead atoms. The lowest BCUT2D eigenvalue weighted by molar-refractivity contribution is 0.440. The summed E-state index contributed by atoms with van der Waals surface area (Å²) < 4.78 is 0. The molecule has 4 heteroatoms. The van der Waals surface area contributed by atoms with Crippen LogP contribution in [0.3, 0.4) is 0 Å². The van der Waals surface area contributed by atoms with Crippen LogP contribution in [-0.4, -0.2) is 11.5 Å². The van der Waals surface area contributed by atoms with E-state index in [9.17, 15) is 0 Å². The molecular formula is C13H19ClN2S. The Morgan fingerprint density at radius 2 is 2.06 bits per heavy atom. The third-order valence-corrected chi connectivity index (χ3v) is 3.55. The van der Waals surface area contributed by atoms with Gasteiger partial charge in [0.1, 0.15) is 4.99 Å². The first-order valence-electron chi connectivity index (χ1n) is 5.75. The van der Waals surface area contributed by atoms with Crippen molar-refractivity contribution in [2.45, 2.75) is 20.8 Å². The second-order valence-electron chi connectivity index (χ2n) is 4.66. The number of thiocarbonyl (C=S) groups is 1. The standard InChI is InChI=1S/C13H19ClN2S/c1-8(2)9(3)7-16-12-5-4-10(13(15)17)6-11(12)14/h4-6,8-9,16H,7H2,1-3H3,(H2,15,17). The lowest BCUT2D eigenvalue weighted by Crippen LogP contribution is -2.16. The number of rotatable bonds is 5. The van der Waals surface area contributed by atoms with Crippen molar-refractivity contribution in [1.82, 2.24) is 0 Å². The first kappa shape index (κ1) is 14.3. The van der Waals surface area contributed by atoms with Crippen molar-refractivity contribution in [2.75, 3.05) is 11.9 Å². The summed E-state index contributed by atoms with van der Waals surface area (Å²) in [6.45, 7) is 7.55. The first-order valence-corrected chi connectivity index (χ1v) is 6.53. The van der Waals surface area contributed by atoms with Gasteiger partial charge in [0.25, 0.3) is 0 Å². The van der Waals surface area contributed by atoms with Crippen molar-refractivity contribution in [2.24, 2.45) is 17.6 Å². The predicted molar refractivity (Wildman–Crippen MR) is 79.8 cm³/mol. The van der Waals surface area contributed by atoms with Gasteiger partial charge in [0, 0.05) is 12.1 Å². The summed E-state index contributed by atoms with van der Waals surface area (Å²) in [6.07, 6.45) is 0. The van der Waals surface area contributed by atoms with Gasteiger partial charge in [-0.3, -0.25) is 0 Å². The minimum absolute atomic E-state index is 0.369. The Bertz CT molecular complexity index is 404. The fourth-order valence-corrected chi connectivity index (χ4v) is 1.69. The number of halogens is 1. The molecule has 1 aromatic rings. The van der Waals surface area contributed by atoms with E-state index in [4.69, 9.17) is 29.6 Å². The van der Waals surface area contributed by atoms with Crippen LogP contribution in [-0.2, 0) is 0 Å². The highest BCUT2D eigenvalue weighted by atomic mass is 35.5. The molecule has 0 heterocycles. The number of benzene rings is 1. The van der Waals surface area contributed by atoms with E-state index < -0.39 is 0 Å². The highest BCUT2D eigenvalue weighted by molar-refractivity contribution is 7.80. The Morgan fingerprint density at radius 1 is 1.41 bits per heavy atom. The number of anilines is 1. The number of nitrogens with one attached hydrogen (secondary N) is 1. The van der Waals surface area contributed by atoms with E-state index in [2.05, 4.69) is 26.1 Å². The second kappa shape index (κ2) is 6.22. The fraction of sp³-hybridized carbons (Fsp3) is 0.462. The van der Waals surface area contributed by atoms with Crippen LogP contribution in [0.4, 0.5) is 5.69 Å². The van der Waals surface area contributed by atoms with Gasteiger partial charge in [-0.15, -0.1) is 0 Å². The Balaban J connectivity index is 2.70. The van der Waals surface area contributed by atoms with Crippen LogP contribution >= 0.6 is 23.8 Å². The van der Waals surface area contributed by atoms with Crippen LogP contribution in [0.15, 0.2) is 18.2 Å². The van der Waals surface area contributed by atoms with Gasteiger partial charge < -0.3 is 11.1 Å². The van der Waals surface area contributed by atoms with Gasteiger partial charge >= 0.3 is 0 Å². The van der Waals surface area contributed by atoms with Gasteiger partial charge in [-0.25, -0.2) is 0 Å². The monoisotopic (exact) mass is 270 g/mol. The summed E-state index contributed by atoms with van der Waals surface area (Å²) in [7, 11) is 0. The van der Waals surface area contributed by atoms with Gasteiger partial charge in [-0.2, -0.15) is 0 Å². The average molecular weight is 271 g/mol. The van der Waals surface area contributed by atoms with Crippen LogP contribution in [0.25, 0.3) is 0 Å². The quantitative estimate of drug-likeness (QED) is 0.802. The molecule has 17 heavy (non-hydrogen) atoms. The maximum Gasteiger partial charge on any atom is 0.104 e. The zero-order valence-electron chi connectivity index (χ0n) is 10.5. The Morgan fingerprint density at radius 3 is 2.53 bits per heavy atom. The molecule has 0 aromatic heterocycles. The van der Waals surface area contributed by atoms with E-state index in [1.165, 1.54) is 0 Å². The molecule has 0 aliphatic rings. The van der Waals surface area contributed by atoms with Crippen molar-refractivity contribution in [1.29, 1.82) is 0 Å². The van der Waals surface area contributed by atoms with Gasteiger partial charge in [-0.1, -0.05) is 44.6 Å². The largest absolute Gasteiger partial charge is 0.389 e. The predicted octanol–water partition coefficient (Wildman–Crippen LogP) is 3.68. The molecule has 0 saturated heterocycles. The van der Waals surface area contributed by atoms with Gasteiger partial charge in [-0.05, 0) is 30.0 Å². The maximum absolute atomic E-state index is 6.16. The number of nitrogens with two attached hydrogens (primary N) is 1. The van der Waals surface area contributed by atoms with E-state index in [1.54, 1.807) is 6.07 Å². The van der Waals surface area contributed by atoms with Crippen molar-refractivity contribution < 1.29 is 0 Å². The van der Waals surface area contributed by atoms with Gasteiger partial charge in [0.05, 0.1) is 10.7 Å². The van der Waals surface area contributed by atoms with Crippen LogP contribution in [0.1, 0.15) is 26.3 Å². The van der Waals surface area contributed by atoms with E-state index in [0.717, 1.165) is 17.8 Å². The molecular weight excluding hydrogens is 252 g/mol. The lowest BCUT2D eigenvalue weighted by atomic mass is 9.98. The molecule has 0 radical (unpaired) electrons. The summed E-state index contributed by atoms with van der Waals surface area (Å²) in [5, 5.41) is 4.00. The lowest BCUT2D eigenvalue weighted by Gasteiger charge is -2.17. The van der Waals surface area contributed by atoms with E-state index in [-0.39, 0.29) is 0 Å². The molecule has 1 aromatic carbocycles. The molecule has 0 aliphatic heterocycles. The summed E-state index contributed by atoms with van der Waals surface area (Å²) >= 11 is 11.1. The molecule has 94 valence electrons. The smallest absolute Gasteiger partial charge is 0.104 e. The molecule has 0 amide bonds. The molecule has 3 N–H and O–H groups in total. The SMILES string of the molecule is CC(C)C(C)CNc1ccc(C(N)=S)cc1Cl. The number of hydrogen-bond donors (Lipinski definition) is 2. The number of hydrogen-bond acceptors (Lipinski definition) is 2. The third-order valence-electron chi connectivity index (χ3n) is 3.01. The minimum Gasteiger partial charge on any atom is -0.389 e. The second-order valence-corrected chi connectivity index (χ2v) is 5.51. The van der Waals surface area contributed by atoms with Crippen LogP contribution in [0.2, 0.25) is 5.02 Å². The molecule has 0 spiro atoms. The average Bonchev–Trinajstić information content (AvgIpc) is 2.26. The molecule has 2 nitrogen and oxygen atoms in total. The maximum atomic E-state index is 6.16. The third kappa shape index (κ3) is 4.17. The molecule has 1 atom stereocenters. The Hall–Kier alpha value is -0.800. The van der Waals surface area contributed by atoms with Crippen molar-refractivity contribution in [3.63, 3.8) is 0 Å². The zero-order chi connectivity index (χ0) is 13.0. The van der Waals surface area contributed by atoms with Crippen LogP contribution in [0.5, 0.6) is 0 Å². The van der Waals surface area contributed by atoms with E-state index in [0.29, 0.717) is 21.8 Å². The summed E-state index contributed by atoms with van der Waals surface area (Å²) in [5.74, 6) is 1.25. The zero-order valence-corrected chi connectivity index (χ0v) is 12.0. The molecule has 0 fully saturated rings. The summed E-state index contributed by atoms with van der Waals surface area (Å²) in [6, 6.07) is 5.60. The van der Waals surface area contributed by atoms with Gasteiger partial charge in [0.15, 0.2) is 0 Å². The Labute approximate surface area is 114 Å². The van der Waals surface area contributed by atoms with Crippen molar-refractivity contribution in [3.8, 4) is 0 Å². The van der Waals surface area contributed by atoms with Gasteiger partial charge in [0.2, 0.25) is 0 Å². The summed E-state index contributed by atoms with van der Waals surface area (Å²) in [5.41, 5.74) is 7.28. The van der Waals surface area contributed by atoms with Crippen LogP contribution < -0.4 is 11.1 Å². The van der Waals surface area contributed by atoms with Crippen LogP contribution in [0, 0.1) is 11.8 Å². The van der Waals surface area contributed by atoms with Crippen molar-refractivity contribution in [3.05, 3.63) is 28.8 Å².